The normalized spacial score (nSPS) is 22.4. The van der Waals surface area contributed by atoms with Crippen LogP contribution in [0.2, 0.25) is 0 Å². The van der Waals surface area contributed by atoms with Crippen LogP contribution >= 0.6 is 7.60 Å². The van der Waals surface area contributed by atoms with Gasteiger partial charge in [0.1, 0.15) is 11.6 Å². The van der Waals surface area contributed by atoms with E-state index in [0.29, 0.717) is 43.6 Å². The maximum atomic E-state index is 12.8. The molecule has 12 heteroatoms. The maximum absolute atomic E-state index is 12.8. The Kier molecular flexibility index (Phi) is 15.5. The van der Waals surface area contributed by atoms with E-state index in [1.165, 1.54) is 70.8 Å². The SMILES string of the molecule is CCOP(=O)(CCN1CCN(c2cc(N)nc(NCC3CCC(CNCCCNCC4CCCCC4)CC3)n2)CC1)OCC. The van der Waals surface area contributed by atoms with Crippen LogP contribution in [0.1, 0.15) is 78.1 Å². The third kappa shape index (κ3) is 12.4. The fraction of sp³-hybridized carbons (Fsp3) is 0.875. The molecule has 0 amide bonds. The Morgan fingerprint density at radius 2 is 1.43 bits per heavy atom. The lowest BCUT2D eigenvalue weighted by molar-refractivity contribution is 0.209. The molecule has 3 aliphatic rings. The van der Waals surface area contributed by atoms with Crippen LogP contribution in [0.15, 0.2) is 6.07 Å². The number of hydrogen-bond acceptors (Lipinski definition) is 11. The monoisotopic (exact) mass is 636 g/mol. The van der Waals surface area contributed by atoms with E-state index in [-0.39, 0.29) is 0 Å². The van der Waals surface area contributed by atoms with Crippen LogP contribution in [-0.4, -0.2) is 99.7 Å². The highest BCUT2D eigenvalue weighted by Crippen LogP contribution is 2.47. The first kappa shape index (κ1) is 35.4. The Hall–Kier alpha value is -1.49. The zero-order chi connectivity index (χ0) is 31.0. The number of piperazine rings is 1. The van der Waals surface area contributed by atoms with Gasteiger partial charge in [0.2, 0.25) is 5.95 Å². The second kappa shape index (κ2) is 19.2. The summed E-state index contributed by atoms with van der Waals surface area (Å²) in [6.45, 7) is 14.1. The van der Waals surface area contributed by atoms with E-state index in [1.54, 1.807) is 0 Å². The molecule has 0 spiro atoms. The number of anilines is 3. The van der Waals surface area contributed by atoms with E-state index in [9.17, 15) is 4.57 Å². The highest BCUT2D eigenvalue weighted by molar-refractivity contribution is 7.53. The lowest BCUT2D eigenvalue weighted by atomic mass is 9.82. The summed E-state index contributed by atoms with van der Waals surface area (Å²) in [5.74, 6) is 4.35. The van der Waals surface area contributed by atoms with Crippen LogP contribution in [0.3, 0.4) is 0 Å². The van der Waals surface area contributed by atoms with Gasteiger partial charge in [-0.2, -0.15) is 9.97 Å². The predicted octanol–water partition coefficient (Wildman–Crippen LogP) is 4.81. The fourth-order valence-electron chi connectivity index (χ4n) is 6.94. The second-order valence-corrected chi connectivity index (χ2v) is 15.2. The van der Waals surface area contributed by atoms with Gasteiger partial charge in [-0.05, 0) is 103 Å². The molecule has 0 radical (unpaired) electrons. The van der Waals surface area contributed by atoms with E-state index in [4.69, 9.17) is 19.8 Å². The predicted molar refractivity (Wildman–Crippen MR) is 182 cm³/mol. The summed E-state index contributed by atoms with van der Waals surface area (Å²) in [5, 5.41) is 10.9. The fourth-order valence-corrected chi connectivity index (χ4v) is 8.58. The number of rotatable bonds is 19. The van der Waals surface area contributed by atoms with E-state index in [0.717, 1.165) is 70.0 Å². The molecule has 1 aliphatic heterocycles. The third-order valence-corrected chi connectivity index (χ3v) is 11.6. The van der Waals surface area contributed by atoms with Gasteiger partial charge >= 0.3 is 7.60 Å². The Labute approximate surface area is 266 Å². The van der Waals surface area contributed by atoms with Crippen molar-refractivity contribution in [3.63, 3.8) is 0 Å². The molecule has 11 nitrogen and oxygen atoms in total. The Morgan fingerprint density at radius 3 is 2.05 bits per heavy atom. The average molecular weight is 637 g/mol. The molecule has 5 N–H and O–H groups in total. The first-order chi connectivity index (χ1) is 21.5. The van der Waals surface area contributed by atoms with Crippen molar-refractivity contribution in [2.75, 3.05) is 101 Å². The van der Waals surface area contributed by atoms with Gasteiger partial charge in [0, 0.05) is 45.3 Å². The molecule has 44 heavy (non-hydrogen) atoms. The minimum atomic E-state index is -3.02. The summed E-state index contributed by atoms with van der Waals surface area (Å²) >= 11 is 0. The van der Waals surface area contributed by atoms with Gasteiger partial charge in [-0.3, -0.25) is 9.46 Å². The molecule has 2 heterocycles. The summed E-state index contributed by atoms with van der Waals surface area (Å²) in [6, 6.07) is 1.87. The van der Waals surface area contributed by atoms with Crippen molar-refractivity contribution < 1.29 is 13.6 Å². The van der Waals surface area contributed by atoms with E-state index < -0.39 is 7.60 Å². The van der Waals surface area contributed by atoms with Gasteiger partial charge in [0.25, 0.3) is 0 Å². The highest BCUT2D eigenvalue weighted by atomic mass is 31.2. The number of nitrogen functional groups attached to an aromatic ring is 1. The maximum Gasteiger partial charge on any atom is 0.331 e. The van der Waals surface area contributed by atoms with E-state index in [2.05, 4.69) is 30.7 Å². The van der Waals surface area contributed by atoms with Crippen LogP contribution in [0, 0.1) is 17.8 Å². The largest absolute Gasteiger partial charge is 0.383 e. The molecule has 0 atom stereocenters. The molecule has 1 aromatic heterocycles. The molecule has 3 fully saturated rings. The summed E-state index contributed by atoms with van der Waals surface area (Å²) in [5.41, 5.74) is 6.19. The third-order valence-electron chi connectivity index (χ3n) is 9.58. The minimum absolute atomic E-state index is 0.397. The van der Waals surface area contributed by atoms with Crippen LogP contribution < -0.4 is 26.6 Å². The number of nitrogens with two attached hydrogens (primary N) is 1. The Morgan fingerprint density at radius 1 is 0.841 bits per heavy atom. The van der Waals surface area contributed by atoms with Gasteiger partial charge in [-0.1, -0.05) is 19.3 Å². The molecule has 2 saturated carbocycles. The Bertz CT molecular complexity index is 972. The van der Waals surface area contributed by atoms with Crippen LogP contribution in [0.25, 0.3) is 0 Å². The summed E-state index contributed by atoms with van der Waals surface area (Å²) in [4.78, 5) is 13.9. The summed E-state index contributed by atoms with van der Waals surface area (Å²) < 4.78 is 23.7. The highest BCUT2D eigenvalue weighted by Gasteiger charge is 2.27. The quantitative estimate of drug-likeness (QED) is 0.123. The zero-order valence-electron chi connectivity index (χ0n) is 27.6. The van der Waals surface area contributed by atoms with Crippen molar-refractivity contribution in [2.45, 2.75) is 78.1 Å². The van der Waals surface area contributed by atoms with Gasteiger partial charge in [-0.15, -0.1) is 0 Å². The molecule has 0 aromatic carbocycles. The first-order valence-electron chi connectivity index (χ1n) is 17.6. The minimum Gasteiger partial charge on any atom is -0.383 e. The molecule has 0 unspecified atom stereocenters. The van der Waals surface area contributed by atoms with Gasteiger partial charge in [0.15, 0.2) is 0 Å². The molecule has 1 saturated heterocycles. The van der Waals surface area contributed by atoms with Crippen molar-refractivity contribution in [1.29, 1.82) is 0 Å². The topological polar surface area (TPSA) is 130 Å². The summed E-state index contributed by atoms with van der Waals surface area (Å²) in [7, 11) is -3.02. The van der Waals surface area contributed by atoms with Crippen LogP contribution in [0.5, 0.6) is 0 Å². The molecule has 1 aromatic rings. The van der Waals surface area contributed by atoms with Crippen LogP contribution in [-0.2, 0) is 13.6 Å². The summed E-state index contributed by atoms with van der Waals surface area (Å²) in [6.07, 6.45) is 13.9. The number of nitrogens with one attached hydrogen (secondary N) is 3. The molecular formula is C32H61N8O3P. The Balaban J connectivity index is 1.08. The first-order valence-corrected chi connectivity index (χ1v) is 19.3. The number of hydrogen-bond donors (Lipinski definition) is 4. The van der Waals surface area contributed by atoms with Crippen LogP contribution in [0.4, 0.5) is 17.6 Å². The molecular weight excluding hydrogens is 575 g/mol. The molecule has 0 bridgehead atoms. The van der Waals surface area contributed by atoms with Gasteiger partial charge in [-0.25, -0.2) is 0 Å². The zero-order valence-corrected chi connectivity index (χ0v) is 28.5. The lowest BCUT2D eigenvalue weighted by Crippen LogP contribution is -2.47. The standard InChI is InChI=1S/C32H61N8O3P/c1-3-42-44(41,43-4-2)22-21-39-17-19-40(20-18-39)31-23-30(33)37-32(38-31)36-26-29-13-11-28(12-14-29)25-35-16-8-15-34-24-27-9-6-5-7-10-27/h23,27-29,34-35H,3-22,24-26H2,1-2H3,(H3,33,36,37,38). The van der Waals surface area contributed by atoms with E-state index in [1.807, 2.05) is 19.9 Å². The van der Waals surface area contributed by atoms with Crippen molar-refractivity contribution in [2.24, 2.45) is 17.8 Å². The van der Waals surface area contributed by atoms with Crippen molar-refractivity contribution in [3.05, 3.63) is 6.07 Å². The van der Waals surface area contributed by atoms with Gasteiger partial charge in [0.05, 0.1) is 19.4 Å². The number of aromatic nitrogens is 2. The van der Waals surface area contributed by atoms with E-state index >= 15 is 0 Å². The second-order valence-electron chi connectivity index (χ2n) is 13.0. The molecule has 252 valence electrons. The lowest BCUT2D eigenvalue weighted by Gasteiger charge is -2.36. The molecule has 4 rings (SSSR count). The van der Waals surface area contributed by atoms with Crippen molar-refractivity contribution in [3.8, 4) is 0 Å². The smallest absolute Gasteiger partial charge is 0.331 e. The van der Waals surface area contributed by atoms with Gasteiger partial charge < -0.3 is 35.6 Å². The average Bonchev–Trinajstić information content (AvgIpc) is 3.04. The molecule has 2 aliphatic carbocycles. The number of nitrogens with zero attached hydrogens (tertiary/aromatic N) is 4. The van der Waals surface area contributed by atoms with Crippen molar-refractivity contribution >= 4 is 25.2 Å². The van der Waals surface area contributed by atoms with Crippen molar-refractivity contribution in [1.82, 2.24) is 25.5 Å².